The van der Waals surface area contributed by atoms with E-state index in [2.05, 4.69) is 29.4 Å². The Hall–Kier alpha value is -3.99. The second kappa shape index (κ2) is 8.27. The van der Waals surface area contributed by atoms with E-state index in [9.17, 15) is 4.79 Å². The molecule has 0 saturated heterocycles. The first-order valence-electron chi connectivity index (χ1n) is 10.8. The summed E-state index contributed by atoms with van der Waals surface area (Å²) in [5.74, 6) is -0.111. The van der Waals surface area contributed by atoms with E-state index in [4.69, 9.17) is 5.10 Å². The van der Waals surface area contributed by atoms with Crippen molar-refractivity contribution < 1.29 is 4.79 Å². The van der Waals surface area contributed by atoms with Crippen LogP contribution in [-0.2, 0) is 17.8 Å². The zero-order valence-corrected chi connectivity index (χ0v) is 18.2. The lowest BCUT2D eigenvalue weighted by Gasteiger charge is -2.10. The molecule has 0 aliphatic rings. The van der Waals surface area contributed by atoms with Crippen LogP contribution in [0, 0.1) is 6.92 Å². The third-order valence-corrected chi connectivity index (χ3v) is 5.81. The summed E-state index contributed by atoms with van der Waals surface area (Å²) < 4.78 is 1.81. The molecular weight excluding hydrogens is 396 g/mol. The van der Waals surface area contributed by atoms with Gasteiger partial charge in [0, 0.05) is 28.2 Å². The molecule has 5 nitrogen and oxygen atoms in total. The highest BCUT2D eigenvalue weighted by molar-refractivity contribution is 6.08. The lowest BCUT2D eigenvalue weighted by Crippen LogP contribution is -2.20. The fraction of sp³-hybridized carbons (Fsp3) is 0.148. The molecule has 0 fully saturated rings. The van der Waals surface area contributed by atoms with E-state index in [1.165, 1.54) is 5.56 Å². The third-order valence-electron chi connectivity index (χ3n) is 5.81. The number of para-hydroxylation sites is 1. The third kappa shape index (κ3) is 3.62. The predicted molar refractivity (Wildman–Crippen MR) is 130 cm³/mol. The van der Waals surface area contributed by atoms with Gasteiger partial charge in [0.1, 0.15) is 12.2 Å². The molecule has 5 aromatic rings. The Morgan fingerprint density at radius 2 is 1.75 bits per heavy atom. The monoisotopic (exact) mass is 420 g/mol. The molecule has 5 heteroatoms. The molecule has 0 unspecified atom stereocenters. The minimum Gasteiger partial charge on any atom is -0.324 e. The molecule has 0 aliphatic carbocycles. The van der Waals surface area contributed by atoms with Crippen LogP contribution in [0.15, 0.2) is 79.0 Å². The van der Waals surface area contributed by atoms with Crippen molar-refractivity contribution in [3.05, 3.63) is 90.1 Å². The molecule has 32 heavy (non-hydrogen) atoms. The van der Waals surface area contributed by atoms with Crippen molar-refractivity contribution in [2.75, 3.05) is 5.32 Å². The van der Waals surface area contributed by atoms with Crippen molar-refractivity contribution in [3.63, 3.8) is 0 Å². The number of carbonyl (C=O) groups is 1. The number of fused-ring (bicyclic) bond motifs is 3. The van der Waals surface area contributed by atoms with Crippen molar-refractivity contribution in [2.45, 2.75) is 26.8 Å². The summed E-state index contributed by atoms with van der Waals surface area (Å²) in [6.07, 6.45) is 2.80. The van der Waals surface area contributed by atoms with E-state index in [1.54, 1.807) is 0 Å². The zero-order valence-electron chi connectivity index (χ0n) is 18.2. The topological polar surface area (TPSA) is 59.8 Å². The maximum atomic E-state index is 13.0. The minimum absolute atomic E-state index is 0.111. The van der Waals surface area contributed by atoms with Crippen LogP contribution >= 0.6 is 0 Å². The van der Waals surface area contributed by atoms with Gasteiger partial charge in [-0.1, -0.05) is 61.5 Å². The largest absolute Gasteiger partial charge is 0.324 e. The number of pyridine rings is 1. The Bertz CT molecular complexity index is 1440. The van der Waals surface area contributed by atoms with Crippen molar-refractivity contribution >= 4 is 33.4 Å². The molecule has 0 saturated carbocycles. The highest BCUT2D eigenvalue weighted by atomic mass is 16.2. The predicted octanol–water partition coefficient (Wildman–Crippen LogP) is 5.76. The first-order chi connectivity index (χ1) is 15.6. The van der Waals surface area contributed by atoms with Crippen LogP contribution in [0.5, 0.6) is 0 Å². The van der Waals surface area contributed by atoms with E-state index in [1.807, 2.05) is 78.5 Å². The average Bonchev–Trinajstić information content (AvgIpc) is 3.19. The van der Waals surface area contributed by atoms with Crippen LogP contribution in [0.4, 0.5) is 5.69 Å². The van der Waals surface area contributed by atoms with Crippen molar-refractivity contribution in [3.8, 4) is 11.3 Å². The number of nitrogens with zero attached hydrogens (tertiary/aromatic N) is 3. The van der Waals surface area contributed by atoms with Crippen molar-refractivity contribution in [2.24, 2.45) is 0 Å². The smallest absolute Gasteiger partial charge is 0.246 e. The summed E-state index contributed by atoms with van der Waals surface area (Å²) in [7, 11) is 0. The van der Waals surface area contributed by atoms with Crippen molar-refractivity contribution in [1.82, 2.24) is 14.8 Å². The summed E-state index contributed by atoms with van der Waals surface area (Å²) in [6, 6.07) is 24.1. The zero-order chi connectivity index (χ0) is 22.1. The summed E-state index contributed by atoms with van der Waals surface area (Å²) in [5.41, 5.74) is 6.74. The molecule has 5 rings (SSSR count). The van der Waals surface area contributed by atoms with Crippen LogP contribution in [0.2, 0.25) is 0 Å². The lowest BCUT2D eigenvalue weighted by molar-refractivity contribution is -0.116. The van der Waals surface area contributed by atoms with Crippen molar-refractivity contribution in [1.29, 1.82) is 0 Å². The van der Waals surface area contributed by atoms with E-state index in [-0.39, 0.29) is 12.5 Å². The standard InChI is InChI=1S/C27H24N4O/c1-3-19-13-14-24-21(15-19)27-22(16-28-24)26(20-10-5-4-6-11-20)30-31(27)17-25(32)29-23-12-8-7-9-18(23)2/h4-16H,3,17H2,1-2H3,(H,29,32). The summed E-state index contributed by atoms with van der Waals surface area (Å²) in [5, 5.41) is 9.87. The quantitative estimate of drug-likeness (QED) is 0.393. The normalized spacial score (nSPS) is 11.2. The number of rotatable bonds is 5. The first kappa shape index (κ1) is 19.9. The number of hydrogen-bond acceptors (Lipinski definition) is 3. The number of amides is 1. The molecule has 1 amide bonds. The second-order valence-corrected chi connectivity index (χ2v) is 7.96. The van der Waals surface area contributed by atoms with Crippen LogP contribution in [0.1, 0.15) is 18.1 Å². The van der Waals surface area contributed by atoms with Gasteiger partial charge in [-0.25, -0.2) is 0 Å². The number of nitrogens with one attached hydrogen (secondary N) is 1. The number of benzene rings is 3. The molecule has 0 radical (unpaired) electrons. The van der Waals surface area contributed by atoms with E-state index in [0.29, 0.717) is 0 Å². The van der Waals surface area contributed by atoms with Gasteiger partial charge in [0.05, 0.1) is 11.0 Å². The molecule has 0 spiro atoms. The summed E-state index contributed by atoms with van der Waals surface area (Å²) in [4.78, 5) is 17.7. The number of aromatic nitrogens is 3. The molecule has 0 atom stereocenters. The van der Waals surface area contributed by atoms with E-state index >= 15 is 0 Å². The lowest BCUT2D eigenvalue weighted by atomic mass is 10.0. The minimum atomic E-state index is -0.111. The molecule has 3 aromatic carbocycles. The van der Waals surface area contributed by atoms with Gasteiger partial charge in [-0.15, -0.1) is 0 Å². The Morgan fingerprint density at radius 1 is 0.969 bits per heavy atom. The van der Waals surface area contributed by atoms with Crippen LogP contribution < -0.4 is 5.32 Å². The number of anilines is 1. The maximum Gasteiger partial charge on any atom is 0.246 e. The number of hydrogen-bond donors (Lipinski definition) is 1. The van der Waals surface area contributed by atoms with Gasteiger partial charge >= 0.3 is 0 Å². The SMILES string of the molecule is CCc1ccc2ncc3c(-c4ccccc4)nn(CC(=O)Nc4ccccc4C)c3c2c1. The Balaban J connectivity index is 1.65. The van der Waals surface area contributed by atoms with Gasteiger partial charge in [-0.05, 0) is 42.7 Å². The second-order valence-electron chi connectivity index (χ2n) is 7.96. The van der Waals surface area contributed by atoms with Crippen LogP contribution in [0.25, 0.3) is 33.1 Å². The Morgan fingerprint density at radius 3 is 2.53 bits per heavy atom. The van der Waals surface area contributed by atoms with Gasteiger partial charge < -0.3 is 5.32 Å². The van der Waals surface area contributed by atoms with E-state index < -0.39 is 0 Å². The van der Waals surface area contributed by atoms with Gasteiger partial charge in [0.25, 0.3) is 0 Å². The molecule has 1 N–H and O–H groups in total. The molecule has 158 valence electrons. The number of carbonyl (C=O) groups excluding carboxylic acids is 1. The van der Waals surface area contributed by atoms with Gasteiger partial charge in [0.15, 0.2) is 0 Å². The molecular formula is C27H24N4O. The van der Waals surface area contributed by atoms with Gasteiger partial charge in [-0.3, -0.25) is 14.5 Å². The van der Waals surface area contributed by atoms with E-state index in [0.717, 1.165) is 50.7 Å². The molecule has 2 aromatic heterocycles. The maximum absolute atomic E-state index is 13.0. The average molecular weight is 421 g/mol. The van der Waals surface area contributed by atoms with Crippen LogP contribution in [-0.4, -0.2) is 20.7 Å². The fourth-order valence-electron chi connectivity index (χ4n) is 4.08. The molecule has 2 heterocycles. The van der Waals surface area contributed by atoms with Gasteiger partial charge in [-0.2, -0.15) is 5.10 Å². The highest BCUT2D eigenvalue weighted by Gasteiger charge is 2.18. The fourth-order valence-corrected chi connectivity index (χ4v) is 4.08. The highest BCUT2D eigenvalue weighted by Crippen LogP contribution is 2.32. The summed E-state index contributed by atoms with van der Waals surface area (Å²) >= 11 is 0. The van der Waals surface area contributed by atoms with Crippen LogP contribution in [0.3, 0.4) is 0 Å². The molecule has 0 aliphatic heterocycles. The number of aryl methyl sites for hydroxylation is 2. The summed E-state index contributed by atoms with van der Waals surface area (Å²) in [6.45, 7) is 4.24. The first-order valence-corrected chi connectivity index (χ1v) is 10.8. The Labute approximate surface area is 186 Å². The van der Waals surface area contributed by atoms with Gasteiger partial charge in [0.2, 0.25) is 5.91 Å². The Kier molecular flexibility index (Phi) is 5.15. The molecule has 0 bridgehead atoms.